The summed E-state index contributed by atoms with van der Waals surface area (Å²) < 4.78 is 4.92. The van der Waals surface area contributed by atoms with Crippen molar-refractivity contribution in [3.8, 4) is 67.0 Å². The molecule has 2 nitrogen and oxygen atoms in total. The molecule has 0 radical (unpaired) electrons. The third kappa shape index (κ3) is 7.13. The van der Waals surface area contributed by atoms with Gasteiger partial charge < -0.3 is 9.13 Å². The maximum absolute atomic E-state index is 4.21. The molecule has 85 heavy (non-hydrogen) atoms. The van der Waals surface area contributed by atoms with Crippen LogP contribution in [0.5, 0.6) is 0 Å². The molecule has 0 saturated heterocycles. The first-order valence-corrected chi connectivity index (χ1v) is 29.6. The van der Waals surface area contributed by atoms with Crippen molar-refractivity contribution in [2.75, 3.05) is 0 Å². The van der Waals surface area contributed by atoms with E-state index in [2.05, 4.69) is 326 Å². The Labute approximate surface area is 495 Å². The highest BCUT2D eigenvalue weighted by Gasteiger charge is 2.52. The second-order valence-corrected chi connectivity index (χ2v) is 23.3. The van der Waals surface area contributed by atoms with Crippen LogP contribution in [0.2, 0.25) is 0 Å². The summed E-state index contributed by atoms with van der Waals surface area (Å²) in [7, 11) is 0. The second-order valence-electron chi connectivity index (χ2n) is 23.3. The zero-order valence-electron chi connectivity index (χ0n) is 47.0. The molecule has 0 bridgehead atoms. The molecule has 13 aromatic carbocycles. The Hall–Kier alpha value is -10.8. The fourth-order valence-corrected chi connectivity index (χ4v) is 15.1. The largest absolute Gasteiger partial charge is 0.309 e. The molecular weight excluding hydrogens is 1020 g/mol. The predicted molar refractivity (Wildman–Crippen MR) is 356 cm³/mol. The summed E-state index contributed by atoms with van der Waals surface area (Å²) in [6.07, 6.45) is 1.97. The lowest BCUT2D eigenvalue weighted by Crippen LogP contribution is -2.26. The van der Waals surface area contributed by atoms with Crippen molar-refractivity contribution in [2.45, 2.75) is 17.8 Å². The van der Waals surface area contributed by atoms with E-state index in [4.69, 9.17) is 0 Å². The van der Waals surface area contributed by atoms with Gasteiger partial charge >= 0.3 is 0 Å². The first-order valence-electron chi connectivity index (χ1n) is 29.6. The maximum Gasteiger partial charge on any atom is 0.0726 e. The monoisotopic (exact) mass is 1080 g/mol. The SMILES string of the molecule is C=Cc1ccccc1-c1ccc2c(c1)C1(c3ccccc3-2)c2ccccc2-c2ccc(-n3c4ccccc4c4cc(-c5ccc([C@@](C)(c6ccc(-c7ccccc7)cc6)c6ccc7c8ccccc8n(-c8ccccc8)c7c6)cc5)ccc43)cc21. The van der Waals surface area contributed by atoms with E-state index in [1.54, 1.807) is 0 Å². The van der Waals surface area contributed by atoms with Gasteiger partial charge in [-0.2, -0.15) is 0 Å². The van der Waals surface area contributed by atoms with Gasteiger partial charge in [0.25, 0.3) is 0 Å². The van der Waals surface area contributed by atoms with Crippen LogP contribution in [0.3, 0.4) is 0 Å². The molecule has 2 aromatic heterocycles. The molecule has 0 amide bonds. The Bertz CT molecular complexity index is 5180. The van der Waals surface area contributed by atoms with E-state index < -0.39 is 10.8 Å². The summed E-state index contributed by atoms with van der Waals surface area (Å²) >= 11 is 0. The summed E-state index contributed by atoms with van der Waals surface area (Å²) in [5.41, 5.74) is 28.4. The van der Waals surface area contributed by atoms with E-state index >= 15 is 0 Å². The van der Waals surface area contributed by atoms with Crippen molar-refractivity contribution >= 4 is 49.7 Å². The van der Waals surface area contributed by atoms with Gasteiger partial charge in [0, 0.05) is 38.3 Å². The topological polar surface area (TPSA) is 9.86 Å². The normalized spacial score (nSPS) is 14.6. The molecule has 398 valence electrons. The maximum atomic E-state index is 4.21. The number of aromatic nitrogens is 2. The Morgan fingerprint density at radius 1 is 0.294 bits per heavy atom. The number of benzene rings is 13. The fraction of sp³-hybridized carbons (Fsp3) is 0.0361. The zero-order valence-corrected chi connectivity index (χ0v) is 47.0. The van der Waals surface area contributed by atoms with E-state index in [-0.39, 0.29) is 0 Å². The predicted octanol–water partition coefficient (Wildman–Crippen LogP) is 21.2. The number of para-hydroxylation sites is 3. The van der Waals surface area contributed by atoms with Crippen LogP contribution < -0.4 is 0 Å². The molecule has 2 heteroatoms. The molecule has 2 atom stereocenters. The Balaban J connectivity index is 0.798. The van der Waals surface area contributed by atoms with Crippen molar-refractivity contribution in [3.63, 3.8) is 0 Å². The Morgan fingerprint density at radius 2 is 0.753 bits per heavy atom. The van der Waals surface area contributed by atoms with Crippen LogP contribution >= 0.6 is 0 Å². The van der Waals surface area contributed by atoms with Gasteiger partial charge in [0.2, 0.25) is 0 Å². The molecule has 15 aromatic rings. The third-order valence-electron chi connectivity index (χ3n) is 19.1. The van der Waals surface area contributed by atoms with Crippen molar-refractivity contribution in [2.24, 2.45) is 0 Å². The van der Waals surface area contributed by atoms with Gasteiger partial charge in [-0.05, 0) is 168 Å². The summed E-state index contributed by atoms with van der Waals surface area (Å²) in [5.74, 6) is 0. The minimum Gasteiger partial charge on any atom is -0.309 e. The lowest BCUT2D eigenvalue weighted by molar-refractivity contribution is 0.693. The van der Waals surface area contributed by atoms with Gasteiger partial charge in [-0.25, -0.2) is 0 Å². The van der Waals surface area contributed by atoms with E-state index in [9.17, 15) is 0 Å². The molecule has 0 fully saturated rings. The second kappa shape index (κ2) is 18.9. The zero-order chi connectivity index (χ0) is 56.4. The highest BCUT2D eigenvalue weighted by Crippen LogP contribution is 2.63. The minimum atomic E-state index is -0.526. The lowest BCUT2D eigenvalue weighted by atomic mass is 9.70. The molecule has 2 heterocycles. The molecule has 2 aliphatic rings. The van der Waals surface area contributed by atoms with Crippen molar-refractivity contribution in [3.05, 3.63) is 354 Å². The molecular formula is C83H56N2. The number of fused-ring (bicyclic) bond motifs is 16. The van der Waals surface area contributed by atoms with Gasteiger partial charge in [-0.3, -0.25) is 0 Å². The van der Waals surface area contributed by atoms with Gasteiger partial charge in [0.05, 0.1) is 27.5 Å². The van der Waals surface area contributed by atoms with E-state index in [0.717, 1.165) is 16.9 Å². The molecule has 0 saturated carbocycles. The first-order chi connectivity index (χ1) is 42.0. The molecule has 0 N–H and O–H groups in total. The van der Waals surface area contributed by atoms with Crippen molar-refractivity contribution < 1.29 is 0 Å². The molecule has 1 unspecified atom stereocenters. The molecule has 0 aliphatic heterocycles. The Morgan fingerprint density at radius 3 is 1.42 bits per heavy atom. The van der Waals surface area contributed by atoms with E-state index in [1.807, 2.05) is 6.08 Å². The summed E-state index contributed by atoms with van der Waals surface area (Å²) in [6.45, 7) is 6.61. The van der Waals surface area contributed by atoms with Crippen molar-refractivity contribution in [1.29, 1.82) is 0 Å². The van der Waals surface area contributed by atoms with Crippen LogP contribution in [0.15, 0.2) is 310 Å². The minimum absolute atomic E-state index is 0.505. The number of nitrogens with zero attached hydrogens (tertiary/aromatic N) is 2. The highest BCUT2D eigenvalue weighted by atomic mass is 15.0. The summed E-state index contributed by atoms with van der Waals surface area (Å²) in [4.78, 5) is 0. The van der Waals surface area contributed by atoms with E-state index in [1.165, 1.54) is 138 Å². The van der Waals surface area contributed by atoms with Gasteiger partial charge in [-0.15, -0.1) is 0 Å². The van der Waals surface area contributed by atoms with Crippen LogP contribution in [0, 0.1) is 0 Å². The first kappa shape index (κ1) is 48.9. The number of hydrogen-bond acceptors (Lipinski definition) is 0. The van der Waals surface area contributed by atoms with Crippen LogP contribution in [-0.2, 0) is 10.8 Å². The van der Waals surface area contributed by atoms with Gasteiger partial charge in [0.15, 0.2) is 0 Å². The summed E-state index contributed by atoms with van der Waals surface area (Å²) in [5, 5.41) is 4.95. The highest BCUT2D eigenvalue weighted by molar-refractivity contribution is 6.11. The number of hydrogen-bond donors (Lipinski definition) is 0. The standard InChI is InChI=1S/C83H56N2/c1-3-54-20-10-11-25-65(54)59-38-46-68-66-26-12-16-30-74(66)83(76(68)51-59)75-31-17-13-27-67(75)69-48-45-64(53-77(69)83)85-79-33-19-15-29-71(79)73-50-58(39-49-80(73)85)57-36-42-61(43-37-57)82(2,60-40-34-56(35-41-60)55-21-6-4-7-22-55)62-44-47-72-70-28-14-18-32-78(70)84(81(72)52-62)63-23-8-5-9-24-63/h3-53H,1H2,2H3/t82-,83?/m1/s1. The smallest absolute Gasteiger partial charge is 0.0726 e. The quantitative estimate of drug-likeness (QED) is 0.128. The molecule has 1 spiro atoms. The Kier molecular flexibility index (Phi) is 10.8. The van der Waals surface area contributed by atoms with Gasteiger partial charge in [-0.1, -0.05) is 255 Å². The van der Waals surface area contributed by atoms with Gasteiger partial charge in [0.1, 0.15) is 0 Å². The van der Waals surface area contributed by atoms with Crippen LogP contribution in [0.25, 0.3) is 117 Å². The summed E-state index contributed by atoms with van der Waals surface area (Å²) in [6, 6.07) is 113. The van der Waals surface area contributed by atoms with Crippen LogP contribution in [-0.4, -0.2) is 9.13 Å². The fourth-order valence-electron chi connectivity index (χ4n) is 15.1. The number of rotatable bonds is 9. The average Bonchev–Trinajstić information content (AvgIpc) is 1.54. The molecule has 2 aliphatic carbocycles. The van der Waals surface area contributed by atoms with Crippen molar-refractivity contribution in [1.82, 2.24) is 9.13 Å². The third-order valence-corrected chi connectivity index (χ3v) is 19.1. The average molecular weight is 1080 g/mol. The molecule has 17 rings (SSSR count). The van der Waals surface area contributed by atoms with Crippen LogP contribution in [0.4, 0.5) is 0 Å². The van der Waals surface area contributed by atoms with E-state index in [0.29, 0.717) is 0 Å². The van der Waals surface area contributed by atoms with Crippen LogP contribution in [0.1, 0.15) is 51.4 Å². The lowest BCUT2D eigenvalue weighted by Gasteiger charge is -2.32.